The second kappa shape index (κ2) is 7.40. The van der Waals surface area contributed by atoms with Gasteiger partial charge < -0.3 is 0 Å². The molecule has 124 valence electrons. The average Bonchev–Trinajstić information content (AvgIpc) is 2.46. The summed E-state index contributed by atoms with van der Waals surface area (Å²) < 4.78 is 16.4. The minimum absolute atomic E-state index is 0.110. The predicted octanol–water partition coefficient (Wildman–Crippen LogP) is 5.34. The van der Waals surface area contributed by atoms with Crippen LogP contribution in [0, 0.1) is 0 Å². The molecule has 0 spiro atoms. The molecular weight excluding hydrogens is 348 g/mol. The first kappa shape index (κ1) is 18.5. The molecule has 0 amide bonds. The number of rotatable bonds is 5. The molecule has 0 radical (unpaired) electrons. The Kier molecular flexibility index (Phi) is 5.97. The summed E-state index contributed by atoms with van der Waals surface area (Å²) in [6.07, 6.45) is 0. The van der Waals surface area contributed by atoms with Gasteiger partial charge in [-0.3, -0.25) is 4.57 Å². The highest BCUT2D eigenvalue weighted by atomic mass is 35.5. The number of hydrogen-bond donors (Lipinski definition) is 0. The standard InChI is InChI=1S/C18H22Cl2NOP/c1-13(2)21(14(3)4)23(22,17-9-5-7-15(19)11-17)18-10-6-8-16(20)12-18/h5-14H,1-4H3. The molecule has 0 saturated carbocycles. The quantitative estimate of drug-likeness (QED) is 0.662. The van der Waals surface area contributed by atoms with E-state index in [1.54, 1.807) is 24.3 Å². The van der Waals surface area contributed by atoms with E-state index < -0.39 is 7.29 Å². The van der Waals surface area contributed by atoms with E-state index in [1.165, 1.54) is 0 Å². The molecule has 0 unspecified atom stereocenters. The van der Waals surface area contributed by atoms with Crippen LogP contribution in [0.3, 0.4) is 0 Å². The molecule has 0 bridgehead atoms. The Hall–Kier alpha value is -0.790. The first-order chi connectivity index (χ1) is 10.8. The van der Waals surface area contributed by atoms with Crippen molar-refractivity contribution in [3.05, 3.63) is 58.6 Å². The van der Waals surface area contributed by atoms with Crippen LogP contribution >= 0.6 is 30.5 Å². The molecule has 2 nitrogen and oxygen atoms in total. The lowest BCUT2D eigenvalue weighted by Gasteiger charge is -2.38. The molecule has 0 aromatic heterocycles. The topological polar surface area (TPSA) is 20.3 Å². The fourth-order valence-electron chi connectivity index (χ4n) is 2.99. The minimum Gasteiger partial charge on any atom is -0.296 e. The molecule has 0 aliphatic rings. The smallest absolute Gasteiger partial charge is 0.207 e. The van der Waals surface area contributed by atoms with Crippen molar-refractivity contribution in [2.24, 2.45) is 0 Å². The second-order valence-electron chi connectivity index (χ2n) is 6.10. The third-order valence-electron chi connectivity index (χ3n) is 3.70. The van der Waals surface area contributed by atoms with Gasteiger partial charge in [0.2, 0.25) is 7.29 Å². The van der Waals surface area contributed by atoms with Crippen LogP contribution in [0.5, 0.6) is 0 Å². The zero-order valence-corrected chi connectivity index (χ0v) is 16.2. The van der Waals surface area contributed by atoms with Gasteiger partial charge in [-0.05, 0) is 64.1 Å². The Balaban J connectivity index is 2.76. The van der Waals surface area contributed by atoms with Crippen molar-refractivity contribution in [1.29, 1.82) is 0 Å². The van der Waals surface area contributed by atoms with Crippen molar-refractivity contribution in [2.45, 2.75) is 39.8 Å². The van der Waals surface area contributed by atoms with Gasteiger partial charge in [-0.1, -0.05) is 35.3 Å². The van der Waals surface area contributed by atoms with Crippen LogP contribution in [0.2, 0.25) is 10.0 Å². The van der Waals surface area contributed by atoms with Gasteiger partial charge in [0.05, 0.1) is 0 Å². The average molecular weight is 370 g/mol. The van der Waals surface area contributed by atoms with Gasteiger partial charge in [-0.25, -0.2) is 4.67 Å². The van der Waals surface area contributed by atoms with Gasteiger partial charge in [-0.2, -0.15) is 0 Å². The lowest BCUT2D eigenvalue weighted by molar-refractivity contribution is 0.307. The van der Waals surface area contributed by atoms with E-state index in [0.29, 0.717) is 10.0 Å². The van der Waals surface area contributed by atoms with Crippen molar-refractivity contribution in [2.75, 3.05) is 0 Å². The van der Waals surface area contributed by atoms with Gasteiger partial charge in [0.1, 0.15) is 0 Å². The largest absolute Gasteiger partial charge is 0.296 e. The molecular formula is C18H22Cl2NOP. The first-order valence-corrected chi connectivity index (χ1v) is 10.1. The second-order valence-corrected chi connectivity index (χ2v) is 9.62. The van der Waals surface area contributed by atoms with Crippen molar-refractivity contribution < 1.29 is 4.57 Å². The highest BCUT2D eigenvalue weighted by Gasteiger charge is 2.38. The molecule has 2 aromatic carbocycles. The van der Waals surface area contributed by atoms with Gasteiger partial charge in [0, 0.05) is 32.7 Å². The minimum atomic E-state index is -3.04. The Morgan fingerprint density at radius 2 is 1.22 bits per heavy atom. The lowest BCUT2D eigenvalue weighted by atomic mass is 10.3. The Bertz CT molecular complexity index is 673. The van der Waals surface area contributed by atoms with Crippen molar-refractivity contribution >= 4 is 41.1 Å². The fraction of sp³-hybridized carbons (Fsp3) is 0.333. The number of benzene rings is 2. The molecule has 2 aromatic rings. The van der Waals surface area contributed by atoms with Crippen molar-refractivity contribution in [3.8, 4) is 0 Å². The molecule has 0 atom stereocenters. The van der Waals surface area contributed by atoms with E-state index in [2.05, 4.69) is 32.4 Å². The summed E-state index contributed by atoms with van der Waals surface area (Å²) in [7, 11) is -3.04. The summed E-state index contributed by atoms with van der Waals surface area (Å²) in [6.45, 7) is 8.23. The third kappa shape index (κ3) is 3.83. The van der Waals surface area contributed by atoms with Crippen LogP contribution in [-0.2, 0) is 4.57 Å². The summed E-state index contributed by atoms with van der Waals surface area (Å²) in [6, 6.07) is 14.8. The summed E-state index contributed by atoms with van der Waals surface area (Å²) in [5, 5.41) is 2.62. The lowest BCUT2D eigenvalue weighted by Crippen LogP contribution is -2.41. The normalized spacial score (nSPS) is 12.4. The van der Waals surface area contributed by atoms with E-state index in [-0.39, 0.29) is 12.1 Å². The Morgan fingerprint density at radius 3 is 1.52 bits per heavy atom. The monoisotopic (exact) mass is 369 g/mol. The Labute approximate surface area is 148 Å². The van der Waals surface area contributed by atoms with E-state index in [1.807, 2.05) is 24.3 Å². The highest BCUT2D eigenvalue weighted by molar-refractivity contribution is 7.76. The highest BCUT2D eigenvalue weighted by Crippen LogP contribution is 2.50. The number of nitrogens with zero attached hydrogens (tertiary/aromatic N) is 1. The molecule has 0 N–H and O–H groups in total. The van der Waals surface area contributed by atoms with E-state index in [9.17, 15) is 4.57 Å². The van der Waals surface area contributed by atoms with E-state index in [4.69, 9.17) is 23.2 Å². The molecule has 5 heteroatoms. The van der Waals surface area contributed by atoms with Gasteiger partial charge >= 0.3 is 0 Å². The molecule has 0 aliphatic carbocycles. The van der Waals surface area contributed by atoms with Crippen LogP contribution in [0.25, 0.3) is 0 Å². The molecule has 0 saturated heterocycles. The zero-order chi connectivity index (χ0) is 17.2. The van der Waals surface area contributed by atoms with Gasteiger partial charge in [0.25, 0.3) is 0 Å². The Morgan fingerprint density at radius 1 is 0.826 bits per heavy atom. The SMILES string of the molecule is CC(C)N(C(C)C)P(=O)(c1cccc(Cl)c1)c1cccc(Cl)c1. The summed E-state index contributed by atoms with van der Waals surface area (Å²) in [5.74, 6) is 0. The van der Waals surface area contributed by atoms with E-state index in [0.717, 1.165) is 10.6 Å². The maximum Gasteiger partial charge on any atom is 0.207 e. The summed E-state index contributed by atoms with van der Waals surface area (Å²) in [5.41, 5.74) is 0. The van der Waals surface area contributed by atoms with Crippen LogP contribution in [0.1, 0.15) is 27.7 Å². The fourth-order valence-corrected chi connectivity index (χ4v) is 6.86. The van der Waals surface area contributed by atoms with Crippen LogP contribution < -0.4 is 10.6 Å². The number of hydrogen-bond acceptors (Lipinski definition) is 1. The maximum absolute atomic E-state index is 14.3. The molecule has 0 aliphatic heterocycles. The summed E-state index contributed by atoms with van der Waals surface area (Å²) in [4.78, 5) is 0. The molecule has 23 heavy (non-hydrogen) atoms. The number of halogens is 2. The molecule has 0 heterocycles. The predicted molar refractivity (Wildman–Crippen MR) is 102 cm³/mol. The molecule has 2 rings (SSSR count). The first-order valence-electron chi connectivity index (χ1n) is 7.68. The van der Waals surface area contributed by atoms with Gasteiger partial charge in [0.15, 0.2) is 0 Å². The maximum atomic E-state index is 14.3. The van der Waals surface area contributed by atoms with Crippen LogP contribution in [-0.4, -0.2) is 16.8 Å². The van der Waals surface area contributed by atoms with Crippen LogP contribution in [0.15, 0.2) is 48.5 Å². The zero-order valence-electron chi connectivity index (χ0n) is 13.8. The van der Waals surface area contributed by atoms with Crippen molar-refractivity contribution in [3.63, 3.8) is 0 Å². The van der Waals surface area contributed by atoms with Crippen molar-refractivity contribution in [1.82, 2.24) is 4.67 Å². The molecule has 0 fully saturated rings. The third-order valence-corrected chi connectivity index (χ3v) is 7.70. The van der Waals surface area contributed by atoms with E-state index >= 15 is 0 Å². The summed E-state index contributed by atoms with van der Waals surface area (Å²) >= 11 is 12.3. The van der Waals surface area contributed by atoms with Gasteiger partial charge in [-0.15, -0.1) is 0 Å². The van der Waals surface area contributed by atoms with Crippen LogP contribution in [0.4, 0.5) is 0 Å².